The van der Waals surface area contributed by atoms with Crippen LogP contribution in [0, 0.1) is 0 Å². The average molecular weight is 356 g/mol. The highest BCUT2D eigenvalue weighted by molar-refractivity contribution is 5.94. The predicted molar refractivity (Wildman–Crippen MR) is 85.0 cm³/mol. The maximum absolute atomic E-state index is 11.5. The van der Waals surface area contributed by atoms with Gasteiger partial charge in [0.25, 0.3) is 0 Å². The van der Waals surface area contributed by atoms with E-state index in [0.717, 1.165) is 0 Å². The van der Waals surface area contributed by atoms with E-state index >= 15 is 0 Å². The van der Waals surface area contributed by atoms with Gasteiger partial charge < -0.3 is 0 Å². The number of carbonyl (C=O) groups excluding carboxylic acids is 4. The van der Waals surface area contributed by atoms with Crippen molar-refractivity contribution < 1.29 is 38.7 Å². The molecule has 132 valence electrons. The van der Waals surface area contributed by atoms with Gasteiger partial charge in [-0.25, -0.2) is 38.7 Å². The average Bonchev–Trinajstić information content (AvgIpc) is 2.69. The smallest absolute Gasteiger partial charge is 0.242 e. The highest BCUT2D eigenvalue weighted by Gasteiger charge is 2.12. The van der Waals surface area contributed by atoms with Crippen molar-refractivity contribution in [2.45, 2.75) is 0 Å². The van der Waals surface area contributed by atoms with Gasteiger partial charge >= 0.3 is 23.9 Å². The molecule has 8 heteroatoms. The van der Waals surface area contributed by atoms with Crippen LogP contribution in [-0.4, -0.2) is 23.9 Å². The van der Waals surface area contributed by atoms with Crippen molar-refractivity contribution in [3.8, 4) is 0 Å². The van der Waals surface area contributed by atoms with E-state index in [1.807, 2.05) is 0 Å². The third kappa shape index (κ3) is 5.93. The van der Waals surface area contributed by atoms with Crippen LogP contribution in [0.3, 0.4) is 0 Å². The molecule has 0 radical (unpaired) electrons. The van der Waals surface area contributed by atoms with Crippen LogP contribution in [0.15, 0.2) is 72.8 Å². The fourth-order valence-corrected chi connectivity index (χ4v) is 1.59. The quantitative estimate of drug-likeness (QED) is 0.466. The summed E-state index contributed by atoms with van der Waals surface area (Å²) in [6.45, 7) is 0. The molecule has 0 N–H and O–H groups in total. The summed E-state index contributed by atoms with van der Waals surface area (Å²) in [5.41, 5.74) is 0.355. The van der Waals surface area contributed by atoms with Gasteiger partial charge in [0.15, 0.2) is 0 Å². The topological polar surface area (TPSA) is 105 Å². The Morgan fingerprint density at radius 2 is 0.885 bits per heavy atom. The van der Waals surface area contributed by atoms with Crippen LogP contribution in [0.2, 0.25) is 0 Å². The summed E-state index contributed by atoms with van der Waals surface area (Å²) in [6, 6.07) is 15.7. The second-order valence-corrected chi connectivity index (χ2v) is 4.61. The third-order valence-corrected chi connectivity index (χ3v) is 2.77. The number of benzene rings is 2. The van der Waals surface area contributed by atoms with E-state index in [1.165, 1.54) is 24.3 Å². The summed E-state index contributed by atoms with van der Waals surface area (Å²) in [5, 5.41) is 0. The maximum atomic E-state index is 11.5. The number of hydrogen-bond donors (Lipinski definition) is 0. The van der Waals surface area contributed by atoms with Gasteiger partial charge in [0.05, 0.1) is 11.1 Å². The van der Waals surface area contributed by atoms with Gasteiger partial charge in [0, 0.05) is 12.2 Å². The minimum Gasteiger partial charge on any atom is -0.242 e. The van der Waals surface area contributed by atoms with Crippen LogP contribution >= 0.6 is 0 Å². The zero-order chi connectivity index (χ0) is 18.8. The minimum atomic E-state index is -1.14. The van der Waals surface area contributed by atoms with E-state index in [-0.39, 0.29) is 11.1 Å². The molecule has 0 aliphatic carbocycles. The second-order valence-electron chi connectivity index (χ2n) is 4.61. The van der Waals surface area contributed by atoms with Crippen LogP contribution in [0.4, 0.5) is 0 Å². The molecule has 0 saturated heterocycles. The Hall–Kier alpha value is -3.94. The maximum Gasteiger partial charge on any atom is 0.386 e. The molecule has 0 fully saturated rings. The SMILES string of the molecule is O=C(C=CC(=O)OOC(=O)c1ccccc1)OOC(=O)c1ccccc1. The molecule has 26 heavy (non-hydrogen) atoms. The van der Waals surface area contributed by atoms with E-state index in [4.69, 9.17) is 0 Å². The fraction of sp³-hybridized carbons (Fsp3) is 0. The van der Waals surface area contributed by atoms with Gasteiger partial charge in [0.2, 0.25) is 0 Å². The Morgan fingerprint density at radius 1 is 0.538 bits per heavy atom. The summed E-state index contributed by atoms with van der Waals surface area (Å²) in [6.07, 6.45) is 1.27. The Bertz CT molecular complexity index is 742. The molecule has 0 amide bonds. The molecule has 0 spiro atoms. The molecule has 2 aromatic rings. The van der Waals surface area contributed by atoms with E-state index < -0.39 is 23.9 Å². The summed E-state index contributed by atoms with van der Waals surface area (Å²) < 4.78 is 0. The van der Waals surface area contributed by atoms with Gasteiger partial charge in [-0.05, 0) is 24.3 Å². The summed E-state index contributed by atoms with van der Waals surface area (Å²) in [4.78, 5) is 62.8. The molecule has 0 saturated carbocycles. The molecule has 0 heterocycles. The monoisotopic (exact) mass is 356 g/mol. The second kappa shape index (κ2) is 9.38. The molecule has 0 aromatic heterocycles. The zero-order valence-electron chi connectivity index (χ0n) is 13.2. The first kappa shape index (κ1) is 18.4. The molecule has 0 unspecified atom stereocenters. The van der Waals surface area contributed by atoms with E-state index in [2.05, 4.69) is 19.6 Å². The number of rotatable bonds is 4. The lowest BCUT2D eigenvalue weighted by Crippen LogP contribution is -2.12. The summed E-state index contributed by atoms with van der Waals surface area (Å²) >= 11 is 0. The molecule has 2 aromatic carbocycles. The Balaban J connectivity index is 1.72. The van der Waals surface area contributed by atoms with Crippen LogP contribution in [0.25, 0.3) is 0 Å². The first-order chi connectivity index (χ1) is 12.6. The Morgan fingerprint density at radius 3 is 1.23 bits per heavy atom. The lowest BCUT2D eigenvalue weighted by molar-refractivity contribution is -0.230. The van der Waals surface area contributed by atoms with E-state index in [1.54, 1.807) is 36.4 Å². The van der Waals surface area contributed by atoms with Gasteiger partial charge in [-0.1, -0.05) is 36.4 Å². The minimum absolute atomic E-state index is 0.177. The van der Waals surface area contributed by atoms with Crippen molar-refractivity contribution in [2.75, 3.05) is 0 Å². The number of carbonyl (C=O) groups is 4. The number of hydrogen-bond acceptors (Lipinski definition) is 8. The van der Waals surface area contributed by atoms with Crippen molar-refractivity contribution in [3.63, 3.8) is 0 Å². The van der Waals surface area contributed by atoms with Crippen molar-refractivity contribution in [1.29, 1.82) is 0 Å². The fourth-order valence-electron chi connectivity index (χ4n) is 1.59. The van der Waals surface area contributed by atoms with Crippen molar-refractivity contribution in [1.82, 2.24) is 0 Å². The van der Waals surface area contributed by atoms with E-state index in [9.17, 15) is 19.2 Å². The Labute approximate surface area is 147 Å². The third-order valence-electron chi connectivity index (χ3n) is 2.77. The van der Waals surface area contributed by atoms with Gasteiger partial charge in [-0.2, -0.15) is 0 Å². The molecule has 8 nitrogen and oxygen atoms in total. The molecule has 0 bridgehead atoms. The molecule has 0 aliphatic rings. The lowest BCUT2D eigenvalue weighted by atomic mass is 10.2. The van der Waals surface area contributed by atoms with Crippen LogP contribution in [0.5, 0.6) is 0 Å². The molecular formula is C18H12O8. The first-order valence-corrected chi connectivity index (χ1v) is 7.20. The summed E-state index contributed by atoms with van der Waals surface area (Å²) in [7, 11) is 0. The highest BCUT2D eigenvalue weighted by Crippen LogP contribution is 2.03. The molecule has 0 aliphatic heterocycles. The standard InChI is InChI=1S/C18H12O8/c19-15(23-25-17(21)13-7-3-1-4-8-13)11-12-16(20)24-26-18(22)14-9-5-2-6-10-14/h1-12H. The van der Waals surface area contributed by atoms with Gasteiger partial charge in [0.1, 0.15) is 0 Å². The molecular weight excluding hydrogens is 344 g/mol. The summed E-state index contributed by atoms with van der Waals surface area (Å²) in [5.74, 6) is -4.04. The van der Waals surface area contributed by atoms with Crippen molar-refractivity contribution >= 4 is 23.9 Å². The normalized spacial score (nSPS) is 10.0. The van der Waals surface area contributed by atoms with Crippen molar-refractivity contribution in [2.24, 2.45) is 0 Å². The van der Waals surface area contributed by atoms with Crippen LogP contribution in [-0.2, 0) is 29.1 Å². The zero-order valence-corrected chi connectivity index (χ0v) is 13.2. The molecule has 0 atom stereocenters. The largest absolute Gasteiger partial charge is 0.386 e. The van der Waals surface area contributed by atoms with E-state index in [0.29, 0.717) is 12.2 Å². The van der Waals surface area contributed by atoms with Crippen LogP contribution in [0.1, 0.15) is 20.7 Å². The van der Waals surface area contributed by atoms with Crippen LogP contribution < -0.4 is 0 Å². The van der Waals surface area contributed by atoms with Crippen molar-refractivity contribution in [3.05, 3.63) is 83.9 Å². The van der Waals surface area contributed by atoms with Gasteiger partial charge in [-0.3, -0.25) is 0 Å². The predicted octanol–water partition coefficient (Wildman–Crippen LogP) is 2.17. The first-order valence-electron chi connectivity index (χ1n) is 7.20. The highest BCUT2D eigenvalue weighted by atomic mass is 17.2. The Kier molecular flexibility index (Phi) is 6.64. The lowest BCUT2D eigenvalue weighted by Gasteiger charge is -2.01. The van der Waals surface area contributed by atoms with Gasteiger partial charge in [-0.15, -0.1) is 0 Å². The molecule has 2 rings (SSSR count).